The van der Waals surface area contributed by atoms with Gasteiger partial charge in [-0.05, 0) is 26.0 Å². The number of alkyl halides is 3. The van der Waals surface area contributed by atoms with Gasteiger partial charge in [-0.2, -0.15) is 13.2 Å². The summed E-state index contributed by atoms with van der Waals surface area (Å²) in [5.74, 6) is -1.20. The molecule has 14 heteroatoms. The van der Waals surface area contributed by atoms with Crippen LogP contribution in [0.2, 0.25) is 0 Å². The number of pyridine rings is 1. The predicted molar refractivity (Wildman–Crippen MR) is 124 cm³/mol. The number of ether oxygens (including phenoxy) is 2. The van der Waals surface area contributed by atoms with Crippen molar-refractivity contribution in [1.82, 2.24) is 14.5 Å². The molecule has 0 aliphatic carbocycles. The Hall–Kier alpha value is -3.94. The Morgan fingerprint density at radius 3 is 2.65 bits per heavy atom. The third-order valence-corrected chi connectivity index (χ3v) is 5.80. The van der Waals surface area contributed by atoms with Gasteiger partial charge in [0, 0.05) is 30.8 Å². The quantitative estimate of drug-likeness (QED) is 0.408. The molecule has 1 aliphatic rings. The van der Waals surface area contributed by atoms with Crippen molar-refractivity contribution >= 4 is 28.6 Å². The van der Waals surface area contributed by atoms with Crippen LogP contribution in [-0.4, -0.2) is 45.1 Å². The largest absolute Gasteiger partial charge is 0.482 e. The van der Waals surface area contributed by atoms with E-state index in [0.717, 1.165) is 6.07 Å². The first-order valence-electron chi connectivity index (χ1n) is 11.1. The number of aryl methyl sites for hydroxylation is 2. The second-order valence-electron chi connectivity index (χ2n) is 8.55. The van der Waals surface area contributed by atoms with Gasteiger partial charge in [0.15, 0.2) is 5.75 Å². The average Bonchev–Trinajstić information content (AvgIpc) is 3.31. The third kappa shape index (κ3) is 5.43. The molecule has 3 heterocycles. The van der Waals surface area contributed by atoms with E-state index in [1.54, 1.807) is 6.92 Å². The lowest BCUT2D eigenvalue weighted by atomic mass is 10.0. The van der Waals surface area contributed by atoms with Gasteiger partial charge in [0.2, 0.25) is 0 Å². The smallest absolute Gasteiger partial charge is 0.419 e. The molecule has 1 saturated heterocycles. The molecule has 198 valence electrons. The summed E-state index contributed by atoms with van der Waals surface area (Å²) in [6, 6.07) is 1.66. The first-order valence-corrected chi connectivity index (χ1v) is 11.1. The molecule has 0 spiro atoms. The molecule has 37 heavy (non-hydrogen) atoms. The number of nitrogens with zero attached hydrogens (tertiary/aromatic N) is 3. The van der Waals surface area contributed by atoms with E-state index in [0.29, 0.717) is 31.1 Å². The van der Waals surface area contributed by atoms with Crippen LogP contribution in [0.4, 0.5) is 33.9 Å². The molecule has 2 atom stereocenters. The molecule has 2 aromatic heterocycles. The summed E-state index contributed by atoms with van der Waals surface area (Å²) in [4.78, 5) is 32.5. The second kappa shape index (κ2) is 9.84. The van der Waals surface area contributed by atoms with E-state index in [4.69, 9.17) is 14.6 Å². The van der Waals surface area contributed by atoms with Crippen LogP contribution < -0.4 is 20.9 Å². The highest BCUT2D eigenvalue weighted by atomic mass is 19.4. The van der Waals surface area contributed by atoms with E-state index in [1.165, 1.54) is 24.6 Å². The number of anilines is 2. The van der Waals surface area contributed by atoms with Gasteiger partial charge in [-0.15, -0.1) is 0 Å². The van der Waals surface area contributed by atoms with Gasteiger partial charge < -0.3 is 19.9 Å². The number of halogens is 4. The molecule has 0 radical (unpaired) electrons. The van der Waals surface area contributed by atoms with Crippen LogP contribution in [0.15, 0.2) is 23.0 Å². The van der Waals surface area contributed by atoms with Crippen LogP contribution in [-0.2, 0) is 18.0 Å². The Balaban J connectivity index is 1.79. The van der Waals surface area contributed by atoms with Crippen molar-refractivity contribution in [1.29, 1.82) is 0 Å². The number of carboxylic acid groups (broad SMARTS) is 1. The summed E-state index contributed by atoms with van der Waals surface area (Å²) in [5, 5.41) is 14.0. The van der Waals surface area contributed by atoms with Crippen LogP contribution in [0.5, 0.6) is 5.75 Å². The van der Waals surface area contributed by atoms with Crippen molar-refractivity contribution < 1.29 is 36.9 Å². The van der Waals surface area contributed by atoms with Crippen molar-refractivity contribution in [2.45, 2.75) is 38.6 Å². The van der Waals surface area contributed by atoms with Gasteiger partial charge in [-0.3, -0.25) is 14.7 Å². The van der Waals surface area contributed by atoms with Crippen molar-refractivity contribution in [2.75, 3.05) is 23.8 Å². The summed E-state index contributed by atoms with van der Waals surface area (Å²) in [7, 11) is 1.48. The lowest BCUT2D eigenvalue weighted by Crippen LogP contribution is -2.25. The molecule has 3 aromatic rings. The lowest BCUT2D eigenvalue weighted by molar-refractivity contribution is -0.140. The number of hydrogen-bond donors (Lipinski definition) is 3. The minimum absolute atomic E-state index is 0.00634. The van der Waals surface area contributed by atoms with Gasteiger partial charge in [0.1, 0.15) is 29.2 Å². The topological polar surface area (TPSA) is 128 Å². The number of amides is 1. The minimum Gasteiger partial charge on any atom is -0.482 e. The number of aromatic nitrogens is 3. The van der Waals surface area contributed by atoms with Crippen LogP contribution in [0, 0.1) is 12.7 Å². The van der Waals surface area contributed by atoms with Crippen molar-refractivity contribution in [3.8, 4) is 5.75 Å². The van der Waals surface area contributed by atoms with Crippen molar-refractivity contribution in [3.63, 3.8) is 0 Å². The Kier molecular flexibility index (Phi) is 6.95. The number of rotatable bonds is 6. The average molecular weight is 525 g/mol. The summed E-state index contributed by atoms with van der Waals surface area (Å²) in [5.41, 5.74) is -2.76. The highest BCUT2D eigenvalue weighted by Crippen LogP contribution is 2.37. The summed E-state index contributed by atoms with van der Waals surface area (Å²) in [6.07, 6.45) is -6.41. The zero-order chi connectivity index (χ0) is 27.1. The molecule has 10 nitrogen and oxygen atoms in total. The Labute approximate surface area is 207 Å². The molecule has 1 amide bonds. The first-order chi connectivity index (χ1) is 17.3. The van der Waals surface area contributed by atoms with E-state index < -0.39 is 46.5 Å². The molecule has 4 rings (SSSR count). The van der Waals surface area contributed by atoms with Gasteiger partial charge in [-0.25, -0.2) is 19.2 Å². The van der Waals surface area contributed by atoms with Gasteiger partial charge in [0.05, 0.1) is 30.2 Å². The van der Waals surface area contributed by atoms with Gasteiger partial charge in [-0.1, -0.05) is 0 Å². The second-order valence-corrected chi connectivity index (χ2v) is 8.55. The summed E-state index contributed by atoms with van der Waals surface area (Å²) in [6.45, 7) is 3.75. The van der Waals surface area contributed by atoms with Crippen molar-refractivity contribution in [2.24, 2.45) is 7.05 Å². The molecule has 0 unspecified atom stereocenters. The maximum absolute atomic E-state index is 15.0. The Morgan fingerprint density at radius 2 is 2.03 bits per heavy atom. The molecule has 1 aliphatic heterocycles. The Morgan fingerprint density at radius 1 is 1.30 bits per heavy atom. The number of fused-ring (bicyclic) bond motifs is 1. The molecular weight excluding hydrogens is 502 g/mol. The van der Waals surface area contributed by atoms with Gasteiger partial charge >= 0.3 is 12.3 Å². The number of hydrogen-bond acceptors (Lipinski definition) is 7. The maximum Gasteiger partial charge on any atom is 0.419 e. The molecule has 1 fully saturated rings. The SMILES string of the molecule is Cc1nc(N[C@H](C)c2cc(NC(=O)O)cc(C(F)(F)F)c2F)c2cc(O[C@H]3CCOC3)c(=O)n(C)c2n1. The van der Waals surface area contributed by atoms with E-state index >= 15 is 0 Å². The normalized spacial score (nSPS) is 16.6. The van der Waals surface area contributed by atoms with Crippen LogP contribution in [0.3, 0.4) is 0 Å². The summed E-state index contributed by atoms with van der Waals surface area (Å²) >= 11 is 0. The van der Waals surface area contributed by atoms with E-state index in [9.17, 15) is 27.2 Å². The number of carbonyl (C=O) groups is 1. The maximum atomic E-state index is 15.0. The molecule has 0 bridgehead atoms. The number of nitrogens with one attached hydrogen (secondary N) is 2. The highest BCUT2D eigenvalue weighted by molar-refractivity contribution is 5.88. The zero-order valence-electron chi connectivity index (χ0n) is 19.9. The van der Waals surface area contributed by atoms with Crippen molar-refractivity contribution in [3.05, 3.63) is 51.3 Å². The zero-order valence-corrected chi connectivity index (χ0v) is 19.9. The minimum atomic E-state index is -5.07. The van der Waals surface area contributed by atoms with Crippen LogP contribution in [0.25, 0.3) is 11.0 Å². The lowest BCUT2D eigenvalue weighted by Gasteiger charge is -2.21. The molecule has 0 saturated carbocycles. The van der Waals surface area contributed by atoms with E-state index in [-0.39, 0.29) is 29.1 Å². The summed E-state index contributed by atoms with van der Waals surface area (Å²) < 4.78 is 67.8. The number of benzene rings is 1. The molecular formula is C23H23F4N5O5. The van der Waals surface area contributed by atoms with E-state index in [2.05, 4.69) is 15.3 Å². The first kappa shape index (κ1) is 26.1. The van der Waals surface area contributed by atoms with Gasteiger partial charge in [0.25, 0.3) is 5.56 Å². The standard InChI is InChI=1S/C23H23F4N5O5/c1-10(14-6-12(31-22(34)35)7-16(18(14)24)23(25,26)27)28-19-15-8-17(37-13-4-5-36-9-13)21(33)32(3)20(15)30-11(2)29-19/h6-8,10,13,31H,4-5,9H2,1-3H3,(H,34,35)(H,28,29,30)/t10-,13+/m1/s1. The fraction of sp³-hybridized carbons (Fsp3) is 0.391. The van der Waals surface area contributed by atoms with E-state index in [1.807, 2.05) is 5.32 Å². The highest BCUT2D eigenvalue weighted by Gasteiger charge is 2.36. The fourth-order valence-corrected chi connectivity index (χ4v) is 4.04. The molecule has 1 aromatic carbocycles. The predicted octanol–water partition coefficient (Wildman–Crippen LogP) is 4.23. The van der Waals surface area contributed by atoms with Crippen LogP contribution in [0.1, 0.15) is 36.3 Å². The fourth-order valence-electron chi connectivity index (χ4n) is 4.04. The molecule has 3 N–H and O–H groups in total. The Bertz CT molecular complexity index is 1420. The van der Waals surface area contributed by atoms with Crippen LogP contribution >= 0.6 is 0 Å². The monoisotopic (exact) mass is 525 g/mol. The third-order valence-electron chi connectivity index (χ3n) is 5.80.